The largest absolute Gasteiger partial charge is 0.494 e. The average Bonchev–Trinajstić information content (AvgIpc) is 2.34. The molecule has 0 atom stereocenters. The van der Waals surface area contributed by atoms with Crippen LogP contribution in [0.15, 0.2) is 12.1 Å². The van der Waals surface area contributed by atoms with Crippen LogP contribution >= 0.6 is 15.9 Å². The van der Waals surface area contributed by atoms with Crippen molar-refractivity contribution < 1.29 is 9.53 Å². The molecule has 106 valence electrons. The number of hydrogen-bond donors (Lipinski definition) is 0. The molecular formula is C15H22BrNO2. The lowest BCUT2D eigenvalue weighted by Crippen LogP contribution is -2.18. The highest BCUT2D eigenvalue weighted by molar-refractivity contribution is 9.09. The molecule has 0 unspecified atom stereocenters. The van der Waals surface area contributed by atoms with Gasteiger partial charge in [0.05, 0.1) is 18.1 Å². The number of hydrogen-bond acceptors (Lipinski definition) is 3. The molecule has 0 amide bonds. The molecule has 0 radical (unpaired) electrons. The first-order chi connectivity index (χ1) is 8.72. The second kappa shape index (κ2) is 5.95. The van der Waals surface area contributed by atoms with Gasteiger partial charge in [-0.3, -0.25) is 4.79 Å². The van der Waals surface area contributed by atoms with Gasteiger partial charge < -0.3 is 9.64 Å². The number of ether oxygens (including phenoxy) is 1. The number of carbonyl (C=O) groups is 1. The zero-order valence-corrected chi connectivity index (χ0v) is 14.1. The lowest BCUT2D eigenvalue weighted by atomic mass is 9.84. The van der Waals surface area contributed by atoms with Gasteiger partial charge in [-0.2, -0.15) is 0 Å². The third-order valence-electron chi connectivity index (χ3n) is 3.01. The predicted molar refractivity (Wildman–Crippen MR) is 84.1 cm³/mol. The molecule has 0 fully saturated rings. The minimum atomic E-state index is -0.0846. The number of anilines is 1. The summed E-state index contributed by atoms with van der Waals surface area (Å²) in [6, 6.07) is 3.83. The first-order valence-electron chi connectivity index (χ1n) is 6.21. The van der Waals surface area contributed by atoms with Crippen LogP contribution in [0, 0.1) is 0 Å². The predicted octanol–water partition coefficient (Wildman–Crippen LogP) is 3.64. The first-order valence-corrected chi connectivity index (χ1v) is 7.33. The van der Waals surface area contributed by atoms with Crippen LogP contribution in [0.5, 0.6) is 5.75 Å². The van der Waals surface area contributed by atoms with Gasteiger partial charge in [0, 0.05) is 25.2 Å². The molecule has 3 nitrogen and oxygen atoms in total. The van der Waals surface area contributed by atoms with Crippen LogP contribution in [0.25, 0.3) is 0 Å². The normalized spacial score (nSPS) is 11.3. The number of rotatable bonds is 4. The summed E-state index contributed by atoms with van der Waals surface area (Å²) < 4.78 is 5.57. The van der Waals surface area contributed by atoms with Gasteiger partial charge in [-0.25, -0.2) is 0 Å². The van der Waals surface area contributed by atoms with Crippen LogP contribution in [0.2, 0.25) is 0 Å². The molecular weight excluding hydrogens is 306 g/mol. The maximum absolute atomic E-state index is 12.0. The summed E-state index contributed by atoms with van der Waals surface area (Å²) in [5.74, 6) is 0.917. The van der Waals surface area contributed by atoms with Crippen LogP contribution in [-0.2, 0) is 5.41 Å². The van der Waals surface area contributed by atoms with Gasteiger partial charge in [-0.15, -0.1) is 0 Å². The highest BCUT2D eigenvalue weighted by Crippen LogP contribution is 2.39. The van der Waals surface area contributed by atoms with Gasteiger partial charge in [-0.05, 0) is 17.5 Å². The van der Waals surface area contributed by atoms with Crippen LogP contribution in [0.3, 0.4) is 0 Å². The van der Waals surface area contributed by atoms with Crippen molar-refractivity contribution in [1.82, 2.24) is 0 Å². The molecule has 0 N–H and O–H groups in total. The first kappa shape index (κ1) is 16.0. The van der Waals surface area contributed by atoms with Gasteiger partial charge >= 0.3 is 0 Å². The summed E-state index contributed by atoms with van der Waals surface area (Å²) in [6.45, 7) is 6.35. The summed E-state index contributed by atoms with van der Waals surface area (Å²) in [7, 11) is 5.57. The highest BCUT2D eigenvalue weighted by atomic mass is 79.9. The SMILES string of the molecule is COc1c(N(C)C)cc(C(=O)CBr)cc1C(C)(C)C. The standard InChI is InChI=1S/C15H22BrNO2/c1-15(2,3)11-7-10(13(18)9-16)8-12(17(4)5)14(11)19-6/h7-8H,9H2,1-6H3. The van der Waals surface area contributed by atoms with Crippen molar-refractivity contribution in [2.24, 2.45) is 0 Å². The number of ketones is 1. The average molecular weight is 328 g/mol. The zero-order valence-electron chi connectivity index (χ0n) is 12.5. The molecule has 1 rings (SSSR count). The van der Waals surface area contributed by atoms with Crippen molar-refractivity contribution in [3.8, 4) is 5.75 Å². The Labute approximate surface area is 124 Å². The molecule has 1 aromatic rings. The van der Waals surface area contributed by atoms with Crippen molar-refractivity contribution >= 4 is 27.4 Å². The second-order valence-electron chi connectivity index (χ2n) is 5.78. The number of carbonyl (C=O) groups excluding carboxylic acids is 1. The molecule has 0 spiro atoms. The number of Topliss-reactive ketones (excluding diaryl/α,β-unsaturated/α-hetero) is 1. The Balaban J connectivity index is 3.59. The lowest BCUT2D eigenvalue weighted by molar-refractivity contribution is 0.102. The summed E-state index contributed by atoms with van der Waals surface area (Å²) in [5, 5.41) is 0.329. The van der Waals surface area contributed by atoms with E-state index in [1.54, 1.807) is 7.11 Å². The number of benzene rings is 1. The Hall–Kier alpha value is -1.03. The maximum Gasteiger partial charge on any atom is 0.173 e. The molecule has 0 aromatic heterocycles. The minimum Gasteiger partial charge on any atom is -0.494 e. The van der Waals surface area contributed by atoms with E-state index >= 15 is 0 Å². The van der Waals surface area contributed by atoms with E-state index in [2.05, 4.69) is 36.7 Å². The van der Waals surface area contributed by atoms with Crippen LogP contribution in [0.1, 0.15) is 36.7 Å². The van der Waals surface area contributed by atoms with Gasteiger partial charge in [0.15, 0.2) is 5.78 Å². The zero-order chi connectivity index (χ0) is 14.8. The van der Waals surface area contributed by atoms with E-state index in [0.717, 1.165) is 17.0 Å². The van der Waals surface area contributed by atoms with E-state index < -0.39 is 0 Å². The van der Waals surface area contributed by atoms with Crippen molar-refractivity contribution in [3.05, 3.63) is 23.3 Å². The number of halogens is 1. The number of methoxy groups -OCH3 is 1. The summed E-state index contributed by atoms with van der Waals surface area (Å²) in [5.41, 5.74) is 2.61. The number of alkyl halides is 1. The minimum absolute atomic E-state index is 0.0799. The summed E-state index contributed by atoms with van der Waals surface area (Å²) in [6.07, 6.45) is 0. The molecule has 0 heterocycles. The van der Waals surface area contributed by atoms with E-state index in [9.17, 15) is 4.79 Å². The Morgan fingerprint density at radius 3 is 2.26 bits per heavy atom. The van der Waals surface area contributed by atoms with Crippen molar-refractivity contribution in [3.63, 3.8) is 0 Å². The van der Waals surface area contributed by atoms with Crippen LogP contribution < -0.4 is 9.64 Å². The molecule has 0 saturated heterocycles. The van der Waals surface area contributed by atoms with Crippen molar-refractivity contribution in [2.75, 3.05) is 31.4 Å². The third kappa shape index (κ3) is 3.50. The topological polar surface area (TPSA) is 29.5 Å². The Bertz CT molecular complexity index is 476. The molecule has 0 bridgehead atoms. The monoisotopic (exact) mass is 327 g/mol. The van der Waals surface area contributed by atoms with Gasteiger partial charge in [0.1, 0.15) is 5.75 Å². The number of nitrogens with zero attached hydrogens (tertiary/aromatic N) is 1. The fourth-order valence-electron chi connectivity index (χ4n) is 1.96. The Morgan fingerprint density at radius 2 is 1.89 bits per heavy atom. The summed E-state index contributed by atoms with van der Waals surface area (Å²) in [4.78, 5) is 13.9. The van der Waals surface area contributed by atoms with Crippen molar-refractivity contribution in [1.29, 1.82) is 0 Å². The fraction of sp³-hybridized carbons (Fsp3) is 0.533. The molecule has 1 aromatic carbocycles. The highest BCUT2D eigenvalue weighted by Gasteiger charge is 2.24. The smallest absolute Gasteiger partial charge is 0.173 e. The van der Waals surface area contributed by atoms with E-state index in [1.165, 1.54) is 0 Å². The van der Waals surface area contributed by atoms with Gasteiger partial charge in [-0.1, -0.05) is 36.7 Å². The molecule has 0 aliphatic heterocycles. The molecule has 19 heavy (non-hydrogen) atoms. The maximum atomic E-state index is 12.0. The van der Waals surface area contributed by atoms with Crippen molar-refractivity contribution in [2.45, 2.75) is 26.2 Å². The third-order valence-corrected chi connectivity index (χ3v) is 3.52. The molecule has 0 saturated carbocycles. The van der Waals surface area contributed by atoms with Crippen LogP contribution in [-0.4, -0.2) is 32.3 Å². The quantitative estimate of drug-likeness (QED) is 0.624. The van der Waals surface area contributed by atoms with E-state index in [-0.39, 0.29) is 11.2 Å². The van der Waals surface area contributed by atoms with E-state index in [4.69, 9.17) is 4.74 Å². The lowest BCUT2D eigenvalue weighted by Gasteiger charge is -2.27. The molecule has 0 aliphatic carbocycles. The Morgan fingerprint density at radius 1 is 1.32 bits per heavy atom. The fourth-order valence-corrected chi connectivity index (χ4v) is 2.28. The van der Waals surface area contributed by atoms with Crippen LogP contribution in [0.4, 0.5) is 5.69 Å². The molecule has 0 aliphatic rings. The van der Waals surface area contributed by atoms with Gasteiger partial charge in [0.2, 0.25) is 0 Å². The van der Waals surface area contributed by atoms with Gasteiger partial charge in [0.25, 0.3) is 0 Å². The second-order valence-corrected chi connectivity index (χ2v) is 6.34. The molecule has 4 heteroatoms. The summed E-state index contributed by atoms with van der Waals surface area (Å²) >= 11 is 3.23. The van der Waals surface area contributed by atoms with E-state index in [1.807, 2.05) is 31.1 Å². The Kier molecular flexibility index (Phi) is 5.02. The van der Waals surface area contributed by atoms with E-state index in [0.29, 0.717) is 10.9 Å².